The Morgan fingerprint density at radius 3 is 1.25 bits per heavy atom. The van der Waals surface area contributed by atoms with Crippen molar-refractivity contribution in [3.05, 3.63) is 0 Å². The van der Waals surface area contributed by atoms with Gasteiger partial charge in [-0.2, -0.15) is 11.8 Å². The van der Waals surface area contributed by atoms with Crippen LogP contribution in [0.3, 0.4) is 0 Å². The van der Waals surface area contributed by atoms with E-state index in [2.05, 4.69) is 79.4 Å². The van der Waals surface area contributed by atoms with Gasteiger partial charge in [-0.15, -0.1) is 0 Å². The summed E-state index contributed by atoms with van der Waals surface area (Å²) in [5.41, 5.74) is 33.7. The number of hydrogen-bond donors (Lipinski definition) is 24. The largest absolute Gasteiger partial charge is 0.481 e. The molecular weight excluding hydrogens is 1490 g/mol. The van der Waals surface area contributed by atoms with Gasteiger partial charge in [0.1, 0.15) is 66.5 Å². The Balaban J connectivity index is 6.71. The second kappa shape index (κ2) is 55.8. The summed E-state index contributed by atoms with van der Waals surface area (Å²) < 4.78 is 0. The first-order chi connectivity index (χ1) is 52.6. The number of carbonyl (C=O) groups is 17. The number of thioether (sulfide) groups is 1. The zero-order chi connectivity index (χ0) is 85.5. The molecule has 0 aromatic rings. The third-order valence-electron chi connectivity index (χ3n) is 17.5. The number of aliphatic hydroxyl groups is 2. The second-order valence-electron chi connectivity index (χ2n) is 28.1. The summed E-state index contributed by atoms with van der Waals surface area (Å²) in [5, 5.41) is 74.0. The van der Waals surface area contributed by atoms with Crippen LogP contribution >= 0.6 is 11.8 Å². The average Bonchev–Trinajstić information content (AvgIpc) is 0.842. The van der Waals surface area contributed by atoms with Crippen LogP contribution in [0.25, 0.3) is 0 Å². The van der Waals surface area contributed by atoms with Gasteiger partial charge >= 0.3 is 11.9 Å². The second-order valence-corrected chi connectivity index (χ2v) is 29.1. The van der Waals surface area contributed by atoms with Crippen molar-refractivity contribution < 1.29 is 102 Å². The fourth-order valence-corrected chi connectivity index (χ4v) is 11.2. The number of hydrogen-bond acceptors (Lipinski definition) is 24. The monoisotopic (exact) mass is 1620 g/mol. The van der Waals surface area contributed by atoms with Crippen LogP contribution in [-0.4, -0.2) is 263 Å². The maximum absolute atomic E-state index is 14.6. The lowest BCUT2D eigenvalue weighted by Crippen LogP contribution is -2.62. The van der Waals surface area contributed by atoms with Crippen molar-refractivity contribution in [2.75, 3.05) is 57.9 Å². The first-order valence-electron chi connectivity index (χ1n) is 37.5. The van der Waals surface area contributed by atoms with Gasteiger partial charge in [-0.05, 0) is 133 Å². The van der Waals surface area contributed by atoms with E-state index in [1.54, 1.807) is 47.8 Å². The van der Waals surface area contributed by atoms with Crippen LogP contribution in [-0.2, 0) is 81.5 Å². The van der Waals surface area contributed by atoms with E-state index in [0.29, 0.717) is 19.3 Å². The summed E-state index contributed by atoms with van der Waals surface area (Å²) >= 11 is 1.28. The molecule has 0 spiro atoms. The van der Waals surface area contributed by atoms with Crippen molar-refractivity contribution in [3.63, 3.8) is 0 Å². The maximum atomic E-state index is 14.6. The van der Waals surface area contributed by atoms with E-state index in [1.165, 1.54) is 11.8 Å². The normalized spacial score (nSPS) is 15.2. The Kier molecular flexibility index (Phi) is 51.0. The molecule has 638 valence electrons. The fraction of sp³-hybridized carbons (Fsp3) is 0.739. The highest BCUT2D eigenvalue weighted by Crippen LogP contribution is 2.16. The molecule has 0 bridgehead atoms. The lowest BCUT2D eigenvalue weighted by atomic mass is 9.94. The van der Waals surface area contributed by atoms with Gasteiger partial charge in [-0.1, -0.05) is 68.2 Å². The van der Waals surface area contributed by atoms with E-state index < -0.39 is 236 Å². The van der Waals surface area contributed by atoms with Crippen LogP contribution in [0.4, 0.5) is 0 Å². The number of nitrogens with zero attached hydrogens (tertiary/aromatic N) is 1. The van der Waals surface area contributed by atoms with Gasteiger partial charge in [-0.3, -0.25) is 81.7 Å². The Hall–Kier alpha value is -9.59. The number of rotatable bonds is 59. The molecule has 0 aromatic heterocycles. The van der Waals surface area contributed by atoms with Crippen molar-refractivity contribution in [1.29, 1.82) is 0 Å². The molecule has 0 unspecified atom stereocenters. The molecule has 0 aliphatic carbocycles. The highest BCUT2D eigenvalue weighted by Gasteiger charge is 2.39. The van der Waals surface area contributed by atoms with E-state index in [9.17, 15) is 102 Å². The number of amides is 15. The average molecular weight is 1620 g/mol. The van der Waals surface area contributed by atoms with Crippen LogP contribution in [0, 0.1) is 23.7 Å². The molecule has 112 heavy (non-hydrogen) atoms. The SMILES string of the molecule is CC[C@H](C)[C@H](NC(=O)[C@H](CC(=O)O)NC(=O)CNC(=O)CNC(=O)[C@H](CO)NC(=O)[C@H](CCCN=C(N)N)NC(=O)CNC(=O)[C@@H](N)CC(C)C)C(=O)N[C@H](C(=O)N[C@@H](CCCCN)C(=O)N[C@@H](CCCCN)C(=O)N[C@@H](CCSC)C(=O)N[C@@H](CCC(N)=O)C(=O)N[C@H](C(=O)N[C@@H](CC(C)C)C(=O)O)[C@H](C)O)[C@@H](C)CC. The van der Waals surface area contributed by atoms with Crippen molar-refractivity contribution in [3.8, 4) is 0 Å². The molecule has 0 saturated carbocycles. The van der Waals surface area contributed by atoms with Gasteiger partial charge < -0.3 is 129 Å². The van der Waals surface area contributed by atoms with Crippen LogP contribution in [0.15, 0.2) is 4.99 Å². The van der Waals surface area contributed by atoms with Gasteiger partial charge in [0.15, 0.2) is 5.96 Å². The predicted molar refractivity (Wildman–Crippen MR) is 412 cm³/mol. The van der Waals surface area contributed by atoms with Crippen LogP contribution in [0.2, 0.25) is 0 Å². The summed E-state index contributed by atoms with van der Waals surface area (Å²) in [6, 6.07) is -17.9. The molecule has 42 nitrogen and oxygen atoms in total. The van der Waals surface area contributed by atoms with Gasteiger partial charge in [-0.25, -0.2) is 4.79 Å². The quantitative estimate of drug-likeness (QED) is 0.0153. The minimum absolute atomic E-state index is 0.00288. The lowest BCUT2D eigenvalue weighted by molar-refractivity contribution is -0.143. The third kappa shape index (κ3) is 42.2. The molecule has 43 heteroatoms. The van der Waals surface area contributed by atoms with Crippen LogP contribution < -0.4 is 109 Å². The molecule has 15 atom stereocenters. The summed E-state index contributed by atoms with van der Waals surface area (Å²) in [5.74, 6) is -19.0. The Morgan fingerprint density at radius 2 is 0.804 bits per heavy atom. The molecule has 0 aliphatic heterocycles. The Morgan fingerprint density at radius 1 is 0.420 bits per heavy atom. The number of aliphatic carboxylic acids is 2. The van der Waals surface area contributed by atoms with Gasteiger partial charge in [0.2, 0.25) is 88.6 Å². The molecule has 0 radical (unpaired) electrons. The number of aliphatic imine (C=N–C) groups is 1. The molecule has 0 fully saturated rings. The highest BCUT2D eigenvalue weighted by molar-refractivity contribution is 7.98. The number of nitrogens with two attached hydrogens (primary N) is 6. The number of aliphatic hydroxyl groups excluding tert-OH is 2. The van der Waals surface area contributed by atoms with Crippen LogP contribution in [0.1, 0.15) is 165 Å². The summed E-state index contributed by atoms with van der Waals surface area (Å²) in [6.07, 6.45) is -0.0536. The number of carbonyl (C=O) groups excluding carboxylic acids is 15. The fourth-order valence-electron chi connectivity index (χ4n) is 10.7. The topological polar surface area (TPSA) is 708 Å². The van der Waals surface area contributed by atoms with E-state index in [1.807, 2.05) is 13.8 Å². The first-order valence-corrected chi connectivity index (χ1v) is 38.9. The van der Waals surface area contributed by atoms with E-state index in [-0.39, 0.29) is 107 Å². The number of guanidine groups is 1. The standard InChI is InChI=1S/C69H125N21O21S/c1-11-37(7)54(65(107)85-43(19-14-16-25-71)61(103)82-42(18-13-15-24-70)60(102)84-45(23-27-112-10)62(104)83-44(21-22-49(73)93)63(105)90-56(39(9)92)67(109)86-47(68(110)111)29-36(5)6)89-66(108)55(38(8)12-2)88-64(106)46(30-53(97)98)81-51(95)32-77-50(94)31-79-58(100)48(34-91)87-59(101)41(20-17-26-76-69(74)75)80-52(96)33-78-57(99)40(72)28-35(3)4/h35-48,54-56,91-92H,11-34,70-72H2,1-10H3,(H2,73,93)(H,77,94)(H,78,99)(H,79,100)(H,80,96)(H,81,95)(H,82,103)(H,83,104)(H,84,102)(H,85,107)(H,86,109)(H,87,101)(H,88,106)(H,89,108)(H,90,105)(H,97,98)(H,110,111)(H4,74,75,76)/t37-,38-,39-,40-,41-,42-,43-,44-,45-,46-,47-,48-,54-,55-,56-/m0/s1. The van der Waals surface area contributed by atoms with E-state index in [0.717, 1.165) is 6.92 Å². The van der Waals surface area contributed by atoms with Gasteiger partial charge in [0, 0.05) is 13.0 Å². The van der Waals surface area contributed by atoms with Crippen molar-refractivity contribution in [2.45, 2.75) is 244 Å². The first kappa shape index (κ1) is 102. The number of primary amides is 1. The van der Waals surface area contributed by atoms with Crippen LogP contribution in [0.5, 0.6) is 0 Å². The zero-order valence-corrected chi connectivity index (χ0v) is 66.7. The molecule has 15 amide bonds. The van der Waals surface area contributed by atoms with E-state index >= 15 is 0 Å². The minimum Gasteiger partial charge on any atom is -0.481 e. The Bertz CT molecular complexity index is 3130. The molecule has 0 heterocycles. The predicted octanol–water partition coefficient (Wildman–Crippen LogP) is -7.56. The number of carboxylic acid groups (broad SMARTS) is 2. The number of nitrogens with one attached hydrogen (secondary N) is 14. The summed E-state index contributed by atoms with van der Waals surface area (Å²) in [7, 11) is 0. The van der Waals surface area contributed by atoms with E-state index in [4.69, 9.17) is 34.4 Å². The molecule has 0 aromatic carbocycles. The summed E-state index contributed by atoms with van der Waals surface area (Å²) in [6.45, 7) is 11.8. The lowest BCUT2D eigenvalue weighted by Gasteiger charge is -2.31. The smallest absolute Gasteiger partial charge is 0.326 e. The number of unbranched alkanes of at least 4 members (excludes halogenated alkanes) is 2. The van der Waals surface area contributed by atoms with Crippen molar-refractivity contribution >= 4 is 118 Å². The number of carboxylic acids is 2. The van der Waals surface area contributed by atoms with Crippen molar-refractivity contribution in [1.82, 2.24) is 74.4 Å². The summed E-state index contributed by atoms with van der Waals surface area (Å²) in [4.78, 5) is 232. The minimum atomic E-state index is -1.90. The molecule has 0 saturated heterocycles. The Labute approximate surface area is 656 Å². The highest BCUT2D eigenvalue weighted by atomic mass is 32.2. The maximum Gasteiger partial charge on any atom is 0.326 e. The molecular formula is C69H125N21O21S. The zero-order valence-electron chi connectivity index (χ0n) is 65.8. The van der Waals surface area contributed by atoms with Crippen molar-refractivity contribution in [2.24, 2.45) is 63.1 Å². The van der Waals surface area contributed by atoms with Gasteiger partial charge in [0.25, 0.3) is 0 Å². The van der Waals surface area contributed by atoms with Gasteiger partial charge in [0.05, 0.1) is 44.8 Å². The molecule has 0 rings (SSSR count). The molecule has 30 N–H and O–H groups in total. The third-order valence-corrected chi connectivity index (χ3v) is 18.1. The molecule has 0 aliphatic rings.